The predicted octanol–water partition coefficient (Wildman–Crippen LogP) is 3.10. The summed E-state index contributed by atoms with van der Waals surface area (Å²) in [4.78, 5) is 12.5. The molecule has 3 rings (SSSR count). The van der Waals surface area contributed by atoms with Crippen LogP contribution in [0.3, 0.4) is 0 Å². The molecular weight excluding hydrogens is 316 g/mol. The Hall–Kier alpha value is -3.12. The molecule has 0 spiro atoms. The van der Waals surface area contributed by atoms with Crippen molar-refractivity contribution < 1.29 is 9.53 Å². The van der Waals surface area contributed by atoms with Crippen molar-refractivity contribution in [2.75, 3.05) is 12.4 Å². The number of aromatic amines is 1. The number of benzene rings is 2. The van der Waals surface area contributed by atoms with E-state index < -0.39 is 0 Å². The quantitative estimate of drug-likeness (QED) is 0.667. The number of rotatable bonds is 5. The largest absolute Gasteiger partial charge is 0.496 e. The Kier molecular flexibility index (Phi) is 4.81. The van der Waals surface area contributed by atoms with E-state index in [0.29, 0.717) is 29.4 Å². The van der Waals surface area contributed by atoms with Crippen LogP contribution in [-0.4, -0.2) is 23.2 Å². The van der Waals surface area contributed by atoms with Gasteiger partial charge in [-0.05, 0) is 48.4 Å². The highest BCUT2D eigenvalue weighted by molar-refractivity contribution is 6.03. The number of ether oxygens (including phenoxy) is 1. The number of methoxy groups -OCH3 is 1. The van der Waals surface area contributed by atoms with Gasteiger partial charge < -0.3 is 15.8 Å². The number of carbonyl (C=O) groups is 1. The number of hydrogen-bond donors (Lipinski definition) is 3. The van der Waals surface area contributed by atoms with Gasteiger partial charge in [-0.1, -0.05) is 18.2 Å². The van der Waals surface area contributed by atoms with Crippen molar-refractivity contribution in [3.8, 4) is 17.0 Å². The van der Waals surface area contributed by atoms with Crippen molar-refractivity contribution in [3.63, 3.8) is 0 Å². The molecule has 25 heavy (non-hydrogen) atoms. The number of nitrogens with zero attached hydrogens (tertiary/aromatic N) is 1. The lowest BCUT2D eigenvalue weighted by atomic mass is 10.1. The van der Waals surface area contributed by atoms with E-state index in [0.717, 1.165) is 16.7 Å². The van der Waals surface area contributed by atoms with E-state index in [-0.39, 0.29) is 5.91 Å². The Morgan fingerprint density at radius 1 is 1.24 bits per heavy atom. The SMILES string of the molecule is COc1ccccc1-c1cc(C(=O)Nc2cc(C)cc(CN)c2)[nH]n1. The van der Waals surface area contributed by atoms with Crippen molar-refractivity contribution in [2.24, 2.45) is 5.73 Å². The number of aromatic nitrogens is 2. The van der Waals surface area contributed by atoms with Gasteiger partial charge >= 0.3 is 0 Å². The van der Waals surface area contributed by atoms with E-state index in [4.69, 9.17) is 10.5 Å². The molecule has 6 heteroatoms. The van der Waals surface area contributed by atoms with E-state index in [9.17, 15) is 4.79 Å². The highest BCUT2D eigenvalue weighted by Crippen LogP contribution is 2.28. The highest BCUT2D eigenvalue weighted by atomic mass is 16.5. The van der Waals surface area contributed by atoms with Crippen LogP contribution in [0.25, 0.3) is 11.3 Å². The number of H-pyrrole nitrogens is 1. The number of nitrogens with one attached hydrogen (secondary N) is 2. The molecule has 1 heterocycles. The van der Waals surface area contributed by atoms with Gasteiger partial charge in [0.2, 0.25) is 0 Å². The molecule has 0 radical (unpaired) electrons. The zero-order chi connectivity index (χ0) is 17.8. The maximum Gasteiger partial charge on any atom is 0.273 e. The summed E-state index contributed by atoms with van der Waals surface area (Å²) in [7, 11) is 1.60. The lowest BCUT2D eigenvalue weighted by Gasteiger charge is -2.07. The van der Waals surface area contributed by atoms with Crippen molar-refractivity contribution in [1.29, 1.82) is 0 Å². The fraction of sp³-hybridized carbons (Fsp3) is 0.158. The Labute approximate surface area is 146 Å². The third-order valence-electron chi connectivity index (χ3n) is 3.84. The second kappa shape index (κ2) is 7.19. The molecule has 0 fully saturated rings. The Morgan fingerprint density at radius 3 is 2.80 bits per heavy atom. The van der Waals surface area contributed by atoms with E-state index in [1.807, 2.05) is 49.4 Å². The summed E-state index contributed by atoms with van der Waals surface area (Å²) < 4.78 is 5.34. The molecule has 0 bridgehead atoms. The summed E-state index contributed by atoms with van der Waals surface area (Å²) in [5.41, 5.74) is 10.2. The third-order valence-corrected chi connectivity index (χ3v) is 3.84. The molecule has 4 N–H and O–H groups in total. The highest BCUT2D eigenvalue weighted by Gasteiger charge is 2.14. The molecule has 6 nitrogen and oxygen atoms in total. The first-order valence-corrected chi connectivity index (χ1v) is 7.91. The first-order valence-electron chi connectivity index (χ1n) is 7.91. The van der Waals surface area contributed by atoms with Crippen molar-refractivity contribution >= 4 is 11.6 Å². The minimum absolute atomic E-state index is 0.262. The van der Waals surface area contributed by atoms with Crippen LogP contribution in [0.15, 0.2) is 48.5 Å². The summed E-state index contributed by atoms with van der Waals surface area (Å²) in [6.07, 6.45) is 0. The molecule has 3 aromatic rings. The van der Waals surface area contributed by atoms with E-state index >= 15 is 0 Å². The fourth-order valence-electron chi connectivity index (χ4n) is 2.68. The van der Waals surface area contributed by atoms with Crippen LogP contribution in [-0.2, 0) is 6.54 Å². The fourth-order valence-corrected chi connectivity index (χ4v) is 2.68. The molecule has 0 atom stereocenters. The smallest absolute Gasteiger partial charge is 0.273 e. The normalized spacial score (nSPS) is 10.5. The second-order valence-electron chi connectivity index (χ2n) is 5.73. The number of para-hydroxylation sites is 1. The minimum atomic E-state index is -0.262. The summed E-state index contributed by atoms with van der Waals surface area (Å²) >= 11 is 0. The van der Waals surface area contributed by atoms with Gasteiger partial charge in [-0.3, -0.25) is 9.89 Å². The molecule has 128 valence electrons. The third kappa shape index (κ3) is 3.70. The zero-order valence-corrected chi connectivity index (χ0v) is 14.2. The van der Waals surface area contributed by atoms with Gasteiger partial charge in [-0.25, -0.2) is 0 Å². The van der Waals surface area contributed by atoms with Crippen LogP contribution in [0.5, 0.6) is 5.75 Å². The predicted molar refractivity (Wildman–Crippen MR) is 97.6 cm³/mol. The molecule has 0 saturated carbocycles. The first kappa shape index (κ1) is 16.7. The van der Waals surface area contributed by atoms with Gasteiger partial charge in [0.05, 0.1) is 12.8 Å². The maximum atomic E-state index is 12.5. The molecule has 0 saturated heterocycles. The van der Waals surface area contributed by atoms with Crippen molar-refractivity contribution in [2.45, 2.75) is 13.5 Å². The molecule has 0 aliphatic rings. The van der Waals surface area contributed by atoms with Gasteiger partial charge in [-0.2, -0.15) is 5.10 Å². The summed E-state index contributed by atoms with van der Waals surface area (Å²) in [6.45, 7) is 2.39. The average molecular weight is 336 g/mol. The molecule has 2 aromatic carbocycles. The first-order chi connectivity index (χ1) is 12.1. The molecule has 0 aliphatic carbocycles. The van der Waals surface area contributed by atoms with Crippen LogP contribution >= 0.6 is 0 Å². The second-order valence-corrected chi connectivity index (χ2v) is 5.73. The Bertz CT molecular complexity index is 902. The van der Waals surface area contributed by atoms with Gasteiger partial charge in [0.25, 0.3) is 5.91 Å². The van der Waals surface area contributed by atoms with Crippen LogP contribution in [0.2, 0.25) is 0 Å². The monoisotopic (exact) mass is 336 g/mol. The molecular formula is C19H20N4O2. The molecule has 1 amide bonds. The Balaban J connectivity index is 1.83. The number of nitrogens with two attached hydrogens (primary N) is 1. The zero-order valence-electron chi connectivity index (χ0n) is 14.2. The Morgan fingerprint density at radius 2 is 2.04 bits per heavy atom. The number of carbonyl (C=O) groups excluding carboxylic acids is 1. The summed E-state index contributed by atoms with van der Waals surface area (Å²) in [6, 6.07) is 15.0. The topological polar surface area (TPSA) is 93.0 Å². The van der Waals surface area contributed by atoms with Crippen LogP contribution in [0.1, 0.15) is 21.6 Å². The van der Waals surface area contributed by atoms with Crippen molar-refractivity contribution in [1.82, 2.24) is 10.2 Å². The van der Waals surface area contributed by atoms with E-state index in [2.05, 4.69) is 15.5 Å². The molecule has 1 aromatic heterocycles. The van der Waals surface area contributed by atoms with Crippen LogP contribution in [0, 0.1) is 6.92 Å². The number of amides is 1. The van der Waals surface area contributed by atoms with Crippen LogP contribution < -0.4 is 15.8 Å². The average Bonchev–Trinajstić information content (AvgIpc) is 3.11. The van der Waals surface area contributed by atoms with Gasteiger partial charge in [0.1, 0.15) is 11.4 Å². The minimum Gasteiger partial charge on any atom is -0.496 e. The lowest BCUT2D eigenvalue weighted by molar-refractivity contribution is 0.102. The van der Waals surface area contributed by atoms with Gasteiger partial charge in [-0.15, -0.1) is 0 Å². The van der Waals surface area contributed by atoms with E-state index in [1.54, 1.807) is 13.2 Å². The molecule has 0 unspecified atom stereocenters. The maximum absolute atomic E-state index is 12.5. The van der Waals surface area contributed by atoms with E-state index in [1.165, 1.54) is 0 Å². The molecule has 0 aliphatic heterocycles. The lowest BCUT2D eigenvalue weighted by Crippen LogP contribution is -2.13. The van der Waals surface area contributed by atoms with Gasteiger partial charge in [0, 0.05) is 17.8 Å². The van der Waals surface area contributed by atoms with Crippen molar-refractivity contribution in [3.05, 3.63) is 65.4 Å². The number of anilines is 1. The number of aryl methyl sites for hydroxylation is 1. The van der Waals surface area contributed by atoms with Crippen LogP contribution in [0.4, 0.5) is 5.69 Å². The summed E-state index contributed by atoms with van der Waals surface area (Å²) in [5, 5.41) is 9.87. The number of hydrogen-bond acceptors (Lipinski definition) is 4. The standard InChI is InChI=1S/C19H20N4O2/c1-12-7-13(11-20)9-14(8-12)21-19(24)17-10-16(22-23-17)15-5-3-4-6-18(15)25-2/h3-10H,11,20H2,1-2H3,(H,21,24)(H,22,23). The summed E-state index contributed by atoms with van der Waals surface area (Å²) in [5.74, 6) is 0.439. The van der Waals surface area contributed by atoms with Gasteiger partial charge in [0.15, 0.2) is 0 Å².